The van der Waals surface area contributed by atoms with Gasteiger partial charge in [-0.25, -0.2) is 9.38 Å². The molecule has 3 aromatic rings. The van der Waals surface area contributed by atoms with E-state index in [4.69, 9.17) is 0 Å². The number of rotatable bonds is 6. The number of halogens is 1. The van der Waals surface area contributed by atoms with Gasteiger partial charge in [-0.3, -0.25) is 5.10 Å². The number of aliphatic imine (C=N–C) groups is 1. The zero-order chi connectivity index (χ0) is 20.4. The number of hydrogen-bond donors (Lipinski definition) is 3. The lowest BCUT2D eigenvalue weighted by atomic mass is 9.83. The van der Waals surface area contributed by atoms with Crippen LogP contribution >= 0.6 is 0 Å². The number of aliphatic hydroxyl groups excluding tert-OH is 1. The molecule has 0 radical (unpaired) electrons. The van der Waals surface area contributed by atoms with Gasteiger partial charge in [-0.2, -0.15) is 5.10 Å². The van der Waals surface area contributed by atoms with Gasteiger partial charge in [0.25, 0.3) is 0 Å². The van der Waals surface area contributed by atoms with Crippen LogP contribution in [0.15, 0.2) is 65.9 Å². The molecule has 150 valence electrons. The predicted molar refractivity (Wildman–Crippen MR) is 110 cm³/mol. The topological polar surface area (TPSA) is 78.2 Å². The van der Waals surface area contributed by atoms with E-state index in [1.165, 1.54) is 43.5 Å². The maximum Gasteiger partial charge on any atom is 0.176 e. The molecule has 1 aliphatic carbocycles. The van der Waals surface area contributed by atoms with E-state index in [1.54, 1.807) is 0 Å². The second-order valence-electron chi connectivity index (χ2n) is 7.38. The van der Waals surface area contributed by atoms with E-state index in [0.717, 1.165) is 11.4 Å². The van der Waals surface area contributed by atoms with Gasteiger partial charge in [0.15, 0.2) is 11.7 Å². The molecule has 1 aromatic carbocycles. The SMILES string of the molecule is C=C(NC(=Nc1cc(C2CCC2)[nH]n1)c1cccn1C)C(O)c1ccc(F)cc1. The lowest BCUT2D eigenvalue weighted by Crippen LogP contribution is -2.28. The van der Waals surface area contributed by atoms with Crippen molar-refractivity contribution in [2.24, 2.45) is 12.0 Å². The van der Waals surface area contributed by atoms with Crippen LogP contribution in [0.3, 0.4) is 0 Å². The van der Waals surface area contributed by atoms with Crippen molar-refractivity contribution in [3.05, 3.63) is 83.7 Å². The third kappa shape index (κ3) is 4.14. The fourth-order valence-corrected chi connectivity index (χ4v) is 3.35. The highest BCUT2D eigenvalue weighted by Crippen LogP contribution is 2.36. The number of hydrogen-bond acceptors (Lipinski definition) is 3. The first-order valence-corrected chi connectivity index (χ1v) is 9.66. The lowest BCUT2D eigenvalue weighted by molar-refractivity contribution is 0.211. The smallest absolute Gasteiger partial charge is 0.176 e. The molecule has 7 heteroatoms. The number of aryl methyl sites for hydroxylation is 1. The van der Waals surface area contributed by atoms with Crippen molar-refractivity contribution >= 4 is 11.7 Å². The maximum absolute atomic E-state index is 13.2. The first kappa shape index (κ1) is 19.1. The number of aromatic nitrogens is 3. The van der Waals surface area contributed by atoms with Crippen LogP contribution in [0.25, 0.3) is 0 Å². The van der Waals surface area contributed by atoms with Crippen LogP contribution in [-0.2, 0) is 7.05 Å². The van der Waals surface area contributed by atoms with Gasteiger partial charge in [0.2, 0.25) is 0 Å². The van der Waals surface area contributed by atoms with Crippen LogP contribution in [0.4, 0.5) is 10.2 Å². The number of nitrogens with one attached hydrogen (secondary N) is 2. The molecule has 1 atom stereocenters. The quantitative estimate of drug-likeness (QED) is 0.436. The van der Waals surface area contributed by atoms with E-state index in [0.29, 0.717) is 28.8 Å². The molecule has 1 unspecified atom stereocenters. The Balaban J connectivity index is 1.59. The van der Waals surface area contributed by atoms with Crippen molar-refractivity contribution in [2.45, 2.75) is 31.3 Å². The average molecular weight is 393 g/mol. The molecule has 0 bridgehead atoms. The van der Waals surface area contributed by atoms with Crippen molar-refractivity contribution in [2.75, 3.05) is 0 Å². The summed E-state index contributed by atoms with van der Waals surface area (Å²) in [6.45, 7) is 3.96. The minimum atomic E-state index is -1.01. The summed E-state index contributed by atoms with van der Waals surface area (Å²) >= 11 is 0. The van der Waals surface area contributed by atoms with Crippen LogP contribution in [0.1, 0.15) is 48.2 Å². The molecule has 0 aliphatic heterocycles. The van der Waals surface area contributed by atoms with Gasteiger partial charge in [-0.15, -0.1) is 0 Å². The minimum absolute atomic E-state index is 0.339. The summed E-state index contributed by atoms with van der Waals surface area (Å²) in [5, 5.41) is 21.1. The molecule has 4 rings (SSSR count). The van der Waals surface area contributed by atoms with E-state index in [9.17, 15) is 9.50 Å². The van der Waals surface area contributed by atoms with Crippen LogP contribution in [0, 0.1) is 5.82 Å². The Hall–Kier alpha value is -3.19. The zero-order valence-electron chi connectivity index (χ0n) is 16.3. The molecular formula is C22H24FN5O. The van der Waals surface area contributed by atoms with Crippen molar-refractivity contribution in [3.8, 4) is 0 Å². The Morgan fingerprint density at radius 3 is 2.72 bits per heavy atom. The third-order valence-corrected chi connectivity index (χ3v) is 5.34. The molecule has 3 N–H and O–H groups in total. The van der Waals surface area contributed by atoms with Crippen LogP contribution in [0.2, 0.25) is 0 Å². The number of H-pyrrole nitrogens is 1. The highest BCUT2D eigenvalue weighted by atomic mass is 19.1. The highest BCUT2D eigenvalue weighted by molar-refractivity contribution is 5.99. The van der Waals surface area contributed by atoms with E-state index in [2.05, 4.69) is 27.1 Å². The summed E-state index contributed by atoms with van der Waals surface area (Å²) in [6, 6.07) is 11.5. The Kier molecular flexibility index (Phi) is 5.31. The summed E-state index contributed by atoms with van der Waals surface area (Å²) in [7, 11) is 1.91. The van der Waals surface area contributed by atoms with Gasteiger partial charge in [-0.05, 0) is 42.7 Å². The number of amidine groups is 1. The largest absolute Gasteiger partial charge is 0.382 e. The fourth-order valence-electron chi connectivity index (χ4n) is 3.35. The van der Waals surface area contributed by atoms with Gasteiger partial charge in [-0.1, -0.05) is 25.1 Å². The molecule has 0 amide bonds. The second-order valence-corrected chi connectivity index (χ2v) is 7.38. The molecule has 1 aliphatic rings. The number of benzene rings is 1. The number of nitrogens with zero attached hydrogens (tertiary/aromatic N) is 3. The van der Waals surface area contributed by atoms with E-state index < -0.39 is 6.10 Å². The normalized spacial score (nSPS) is 15.8. The third-order valence-electron chi connectivity index (χ3n) is 5.34. The number of aromatic amines is 1. The maximum atomic E-state index is 13.2. The van der Waals surface area contributed by atoms with E-state index >= 15 is 0 Å². The van der Waals surface area contributed by atoms with Gasteiger partial charge >= 0.3 is 0 Å². The molecule has 1 saturated carbocycles. The summed E-state index contributed by atoms with van der Waals surface area (Å²) in [5.74, 6) is 1.27. The van der Waals surface area contributed by atoms with Crippen LogP contribution in [-0.4, -0.2) is 25.7 Å². The Morgan fingerprint density at radius 1 is 1.34 bits per heavy atom. The molecule has 2 aromatic heterocycles. The molecule has 29 heavy (non-hydrogen) atoms. The van der Waals surface area contributed by atoms with Gasteiger partial charge < -0.3 is 15.0 Å². The van der Waals surface area contributed by atoms with E-state index in [1.807, 2.05) is 36.0 Å². The first-order chi connectivity index (χ1) is 14.0. The second kappa shape index (κ2) is 8.05. The molecule has 0 spiro atoms. The minimum Gasteiger partial charge on any atom is -0.382 e. The Bertz CT molecular complexity index is 1030. The van der Waals surface area contributed by atoms with Crippen LogP contribution < -0.4 is 5.32 Å². The molecular weight excluding hydrogens is 369 g/mol. The highest BCUT2D eigenvalue weighted by Gasteiger charge is 2.22. The molecule has 2 heterocycles. The molecule has 1 fully saturated rings. The standard InChI is InChI=1S/C22H24FN5O/c1-14(21(29)16-8-10-17(23)11-9-16)24-22(19-7-4-12-28(19)2)25-20-13-18(26-27-20)15-5-3-6-15/h4,7-13,15,21,29H,1,3,5-6H2,2H3,(H2,24,25,26,27). The molecule has 6 nitrogen and oxygen atoms in total. The van der Waals surface area contributed by atoms with Gasteiger partial charge in [0, 0.05) is 36.6 Å². The van der Waals surface area contributed by atoms with Crippen molar-refractivity contribution in [1.29, 1.82) is 0 Å². The van der Waals surface area contributed by atoms with E-state index in [-0.39, 0.29) is 5.82 Å². The van der Waals surface area contributed by atoms with Crippen molar-refractivity contribution < 1.29 is 9.50 Å². The van der Waals surface area contributed by atoms with Crippen molar-refractivity contribution in [1.82, 2.24) is 20.1 Å². The first-order valence-electron chi connectivity index (χ1n) is 9.66. The summed E-state index contributed by atoms with van der Waals surface area (Å²) < 4.78 is 15.1. The lowest BCUT2D eigenvalue weighted by Gasteiger charge is -2.23. The fraction of sp³-hybridized carbons (Fsp3) is 0.273. The Labute approximate surface area is 168 Å². The molecule has 0 saturated heterocycles. The average Bonchev–Trinajstić information content (AvgIpc) is 3.29. The van der Waals surface area contributed by atoms with Crippen molar-refractivity contribution in [3.63, 3.8) is 0 Å². The zero-order valence-corrected chi connectivity index (χ0v) is 16.3. The summed E-state index contributed by atoms with van der Waals surface area (Å²) in [4.78, 5) is 4.66. The summed E-state index contributed by atoms with van der Waals surface area (Å²) in [5.41, 5.74) is 2.81. The van der Waals surface area contributed by atoms with Gasteiger partial charge in [0.05, 0.1) is 5.69 Å². The monoisotopic (exact) mass is 393 g/mol. The predicted octanol–water partition coefficient (Wildman–Crippen LogP) is 4.07. The Morgan fingerprint density at radius 2 is 2.10 bits per heavy atom. The van der Waals surface area contributed by atoms with Gasteiger partial charge in [0.1, 0.15) is 11.9 Å². The summed E-state index contributed by atoms with van der Waals surface area (Å²) in [6.07, 6.45) is 4.50. The van der Waals surface area contributed by atoms with Crippen LogP contribution in [0.5, 0.6) is 0 Å². The number of aliphatic hydroxyl groups is 1.